The van der Waals surface area contributed by atoms with E-state index in [0.29, 0.717) is 38.7 Å². The Balaban J connectivity index is 1.46. The predicted octanol–water partition coefficient (Wildman–Crippen LogP) is 4.88. The molecule has 2 heterocycles. The van der Waals surface area contributed by atoms with Gasteiger partial charge in [0, 0.05) is 16.8 Å². The van der Waals surface area contributed by atoms with Crippen LogP contribution in [0.4, 0.5) is 22.1 Å². The van der Waals surface area contributed by atoms with Crippen LogP contribution in [0, 0.1) is 6.92 Å². The van der Waals surface area contributed by atoms with E-state index in [4.69, 9.17) is 23.2 Å². The SMILES string of the molecule is Cc1cnc(Nc2ccccc2Cl)nc1-n1cc(NC(=O)N[C@H](CO)c2cccc(Cl)c2)cn1. The number of anilines is 3. The smallest absolute Gasteiger partial charge is 0.319 e. The van der Waals surface area contributed by atoms with Crippen LogP contribution in [0.3, 0.4) is 0 Å². The zero-order valence-corrected chi connectivity index (χ0v) is 19.5. The third-order valence-electron chi connectivity index (χ3n) is 4.86. The average molecular weight is 498 g/mol. The van der Waals surface area contributed by atoms with Gasteiger partial charge in [-0.15, -0.1) is 0 Å². The maximum absolute atomic E-state index is 12.5. The predicted molar refractivity (Wildman–Crippen MR) is 132 cm³/mol. The molecule has 34 heavy (non-hydrogen) atoms. The molecule has 0 fully saturated rings. The van der Waals surface area contributed by atoms with E-state index >= 15 is 0 Å². The van der Waals surface area contributed by atoms with Crippen molar-refractivity contribution in [1.82, 2.24) is 25.1 Å². The molecular weight excluding hydrogens is 477 g/mol. The summed E-state index contributed by atoms with van der Waals surface area (Å²) in [6, 6.07) is 13.1. The Morgan fingerprint density at radius 1 is 1.15 bits per heavy atom. The summed E-state index contributed by atoms with van der Waals surface area (Å²) in [6.45, 7) is 1.57. The van der Waals surface area contributed by atoms with Crippen molar-refractivity contribution in [3.05, 3.63) is 88.3 Å². The van der Waals surface area contributed by atoms with Crippen LogP contribution in [0.15, 0.2) is 67.1 Å². The second kappa shape index (κ2) is 10.5. The zero-order chi connectivity index (χ0) is 24.1. The van der Waals surface area contributed by atoms with Gasteiger partial charge in [-0.2, -0.15) is 10.1 Å². The summed E-state index contributed by atoms with van der Waals surface area (Å²) < 4.78 is 1.53. The van der Waals surface area contributed by atoms with Crippen molar-refractivity contribution < 1.29 is 9.90 Å². The van der Waals surface area contributed by atoms with E-state index in [1.54, 1.807) is 42.7 Å². The van der Waals surface area contributed by atoms with E-state index in [1.165, 1.54) is 10.9 Å². The number of carbonyl (C=O) groups is 1. The topological polar surface area (TPSA) is 117 Å². The number of amides is 2. The number of hydrogen-bond acceptors (Lipinski definition) is 6. The van der Waals surface area contributed by atoms with Crippen LogP contribution in [0.1, 0.15) is 17.2 Å². The summed E-state index contributed by atoms with van der Waals surface area (Å²) in [7, 11) is 0. The molecule has 174 valence electrons. The minimum Gasteiger partial charge on any atom is -0.394 e. The fraction of sp³-hybridized carbons (Fsp3) is 0.130. The molecule has 2 aromatic heterocycles. The van der Waals surface area contributed by atoms with Crippen LogP contribution in [-0.4, -0.2) is 37.5 Å². The van der Waals surface area contributed by atoms with Crippen molar-refractivity contribution >= 4 is 46.6 Å². The number of rotatable bonds is 7. The fourth-order valence-electron chi connectivity index (χ4n) is 3.19. The Morgan fingerprint density at radius 2 is 1.97 bits per heavy atom. The van der Waals surface area contributed by atoms with Crippen molar-refractivity contribution in [2.75, 3.05) is 17.2 Å². The van der Waals surface area contributed by atoms with Gasteiger partial charge in [-0.1, -0.05) is 47.5 Å². The number of halogens is 2. The molecule has 2 aromatic carbocycles. The second-order valence-electron chi connectivity index (χ2n) is 7.37. The molecule has 2 amide bonds. The van der Waals surface area contributed by atoms with E-state index in [1.807, 2.05) is 25.1 Å². The molecule has 4 rings (SSSR count). The maximum atomic E-state index is 12.5. The van der Waals surface area contributed by atoms with Crippen molar-refractivity contribution in [1.29, 1.82) is 0 Å². The summed E-state index contributed by atoms with van der Waals surface area (Å²) in [5, 5.41) is 23.6. The van der Waals surface area contributed by atoms with Crippen LogP contribution < -0.4 is 16.0 Å². The number of nitrogens with zero attached hydrogens (tertiary/aromatic N) is 4. The number of para-hydroxylation sites is 1. The minimum absolute atomic E-state index is 0.283. The highest BCUT2D eigenvalue weighted by Gasteiger charge is 2.15. The lowest BCUT2D eigenvalue weighted by atomic mass is 10.1. The van der Waals surface area contributed by atoms with Gasteiger partial charge < -0.3 is 21.1 Å². The van der Waals surface area contributed by atoms with Crippen LogP contribution in [0.2, 0.25) is 10.0 Å². The lowest BCUT2D eigenvalue weighted by molar-refractivity contribution is 0.225. The van der Waals surface area contributed by atoms with Gasteiger partial charge in [0.15, 0.2) is 5.82 Å². The molecule has 0 aliphatic rings. The molecule has 9 nitrogen and oxygen atoms in total. The van der Waals surface area contributed by atoms with Gasteiger partial charge in [0.1, 0.15) is 0 Å². The van der Waals surface area contributed by atoms with Crippen LogP contribution >= 0.6 is 23.2 Å². The number of benzene rings is 2. The summed E-state index contributed by atoms with van der Waals surface area (Å²) in [5.74, 6) is 0.883. The first-order valence-corrected chi connectivity index (χ1v) is 11.0. The minimum atomic E-state index is -0.615. The van der Waals surface area contributed by atoms with E-state index in [0.717, 1.165) is 5.56 Å². The first-order chi connectivity index (χ1) is 16.4. The van der Waals surface area contributed by atoms with Crippen LogP contribution in [0.5, 0.6) is 0 Å². The molecule has 4 N–H and O–H groups in total. The summed E-state index contributed by atoms with van der Waals surface area (Å²) in [6.07, 6.45) is 4.79. The summed E-state index contributed by atoms with van der Waals surface area (Å²) >= 11 is 12.2. The molecule has 0 aliphatic carbocycles. The summed E-state index contributed by atoms with van der Waals surface area (Å²) in [4.78, 5) is 21.3. The molecule has 0 aliphatic heterocycles. The number of aromatic nitrogens is 4. The fourth-order valence-corrected chi connectivity index (χ4v) is 3.58. The highest BCUT2D eigenvalue weighted by atomic mass is 35.5. The van der Waals surface area contributed by atoms with Gasteiger partial charge in [-0.05, 0) is 36.8 Å². The highest BCUT2D eigenvalue weighted by Crippen LogP contribution is 2.24. The third kappa shape index (κ3) is 5.63. The molecular formula is C23H21Cl2N7O2. The number of carbonyl (C=O) groups excluding carboxylic acids is 1. The van der Waals surface area contributed by atoms with Gasteiger partial charge in [0.2, 0.25) is 5.95 Å². The number of aryl methyl sites for hydroxylation is 1. The number of aliphatic hydroxyl groups is 1. The Bertz CT molecular complexity index is 1310. The van der Waals surface area contributed by atoms with Gasteiger partial charge in [0.25, 0.3) is 0 Å². The standard InChI is InChI=1S/C23H21Cl2N7O2/c1-14-10-26-22(29-19-8-3-2-7-18(19)25)31-21(14)32-12-17(11-27-32)28-23(34)30-20(13-33)15-5-4-6-16(24)9-15/h2-12,20,33H,13H2,1H3,(H,26,29,31)(H2,28,30,34)/t20-/m1/s1. The Labute approximate surface area is 205 Å². The van der Waals surface area contributed by atoms with Gasteiger partial charge in [0.05, 0.1) is 41.4 Å². The van der Waals surface area contributed by atoms with Gasteiger partial charge >= 0.3 is 6.03 Å². The molecule has 0 spiro atoms. The second-order valence-corrected chi connectivity index (χ2v) is 8.21. The molecule has 0 radical (unpaired) electrons. The van der Waals surface area contributed by atoms with E-state index in [9.17, 15) is 9.90 Å². The van der Waals surface area contributed by atoms with E-state index in [-0.39, 0.29) is 6.61 Å². The van der Waals surface area contributed by atoms with E-state index in [2.05, 4.69) is 31.0 Å². The molecule has 1 atom stereocenters. The maximum Gasteiger partial charge on any atom is 0.319 e. The zero-order valence-electron chi connectivity index (χ0n) is 18.0. The Morgan fingerprint density at radius 3 is 2.74 bits per heavy atom. The largest absolute Gasteiger partial charge is 0.394 e. The Hall–Kier alpha value is -3.66. The molecule has 11 heteroatoms. The number of nitrogens with one attached hydrogen (secondary N) is 3. The normalized spacial score (nSPS) is 11.6. The first-order valence-electron chi connectivity index (χ1n) is 10.3. The van der Waals surface area contributed by atoms with Crippen LogP contribution in [-0.2, 0) is 0 Å². The lowest BCUT2D eigenvalue weighted by Gasteiger charge is -2.17. The van der Waals surface area contributed by atoms with Crippen molar-refractivity contribution in [3.63, 3.8) is 0 Å². The van der Waals surface area contributed by atoms with Crippen LogP contribution in [0.25, 0.3) is 5.82 Å². The van der Waals surface area contributed by atoms with Gasteiger partial charge in [-0.25, -0.2) is 14.5 Å². The number of urea groups is 1. The number of aliphatic hydroxyl groups excluding tert-OH is 1. The lowest BCUT2D eigenvalue weighted by Crippen LogP contribution is -2.34. The number of hydrogen-bond donors (Lipinski definition) is 4. The Kier molecular flexibility index (Phi) is 7.27. The average Bonchev–Trinajstić information content (AvgIpc) is 3.28. The van der Waals surface area contributed by atoms with Crippen molar-refractivity contribution in [2.45, 2.75) is 13.0 Å². The molecule has 0 saturated carbocycles. The third-order valence-corrected chi connectivity index (χ3v) is 5.43. The monoisotopic (exact) mass is 497 g/mol. The first kappa shape index (κ1) is 23.5. The molecule has 0 unspecified atom stereocenters. The van der Waals surface area contributed by atoms with Gasteiger partial charge in [-0.3, -0.25) is 0 Å². The van der Waals surface area contributed by atoms with E-state index < -0.39 is 12.1 Å². The highest BCUT2D eigenvalue weighted by molar-refractivity contribution is 6.33. The quantitative estimate of drug-likeness (QED) is 0.289. The molecule has 4 aromatic rings. The summed E-state index contributed by atoms with van der Waals surface area (Å²) in [5.41, 5.74) is 2.59. The molecule has 0 saturated heterocycles. The molecule has 0 bridgehead atoms. The van der Waals surface area contributed by atoms with Crippen molar-refractivity contribution in [3.8, 4) is 5.82 Å². The van der Waals surface area contributed by atoms with Crippen molar-refractivity contribution in [2.24, 2.45) is 0 Å².